The van der Waals surface area contributed by atoms with Crippen molar-refractivity contribution in [2.24, 2.45) is 0 Å². The highest BCUT2D eigenvalue weighted by molar-refractivity contribution is 5.88. The molecule has 2 fully saturated rings. The number of hydrogen-bond donors (Lipinski definition) is 1. The van der Waals surface area contributed by atoms with Crippen LogP contribution >= 0.6 is 0 Å². The molecule has 2 aromatic rings. The van der Waals surface area contributed by atoms with Crippen LogP contribution in [0.3, 0.4) is 0 Å². The minimum atomic E-state index is -2.81. The van der Waals surface area contributed by atoms with Crippen molar-refractivity contribution in [3.8, 4) is 0 Å². The summed E-state index contributed by atoms with van der Waals surface area (Å²) >= 11 is 0. The Morgan fingerprint density at radius 3 is 2.68 bits per heavy atom. The number of fused-ring (bicyclic) bond motifs is 2. The standard InChI is InChI=1S/C15H19F2N5O3/c1-4-6-9-10(25-15(2,3)24-9)14(23-6)22-13-7(8(21-22)11(16)17)12(18)19-5-20-13/h5-6,9-11,14H,4H2,1-3H3,(H2,18,19,20)/t6-,9-,10-,14-/m1/s1. The molecule has 0 radical (unpaired) electrons. The van der Waals surface area contributed by atoms with Gasteiger partial charge in [0.1, 0.15) is 30.0 Å². The number of nitrogen functional groups attached to an aromatic ring is 1. The molecule has 8 nitrogen and oxygen atoms in total. The number of nitrogens with two attached hydrogens (primary N) is 1. The van der Waals surface area contributed by atoms with Crippen molar-refractivity contribution in [2.75, 3.05) is 5.73 Å². The Balaban J connectivity index is 1.83. The van der Waals surface area contributed by atoms with E-state index in [1.165, 1.54) is 11.0 Å². The van der Waals surface area contributed by atoms with Gasteiger partial charge in [0.25, 0.3) is 6.43 Å². The number of halogens is 2. The average Bonchev–Trinajstić information content (AvgIpc) is 3.16. The van der Waals surface area contributed by atoms with E-state index in [-0.39, 0.29) is 29.1 Å². The highest BCUT2D eigenvalue weighted by atomic mass is 19.3. The van der Waals surface area contributed by atoms with Crippen LogP contribution in [0.25, 0.3) is 11.0 Å². The second-order valence-electron chi connectivity index (χ2n) is 6.63. The Hall–Kier alpha value is -1.91. The van der Waals surface area contributed by atoms with E-state index in [1.54, 1.807) is 13.8 Å². The molecule has 0 unspecified atom stereocenters. The molecular formula is C15H19F2N5O3. The number of aromatic nitrogens is 4. The summed E-state index contributed by atoms with van der Waals surface area (Å²) in [6.45, 7) is 5.58. The average molecular weight is 355 g/mol. The summed E-state index contributed by atoms with van der Waals surface area (Å²) in [5.41, 5.74) is 5.50. The normalized spacial score (nSPS) is 31.1. The summed E-state index contributed by atoms with van der Waals surface area (Å²) in [6.07, 6.45) is -2.66. The lowest BCUT2D eigenvalue weighted by Gasteiger charge is -2.24. The van der Waals surface area contributed by atoms with Gasteiger partial charge in [-0.2, -0.15) is 5.10 Å². The molecule has 0 bridgehead atoms. The summed E-state index contributed by atoms with van der Waals surface area (Å²) in [6, 6.07) is 0. The number of ether oxygens (including phenoxy) is 3. The fraction of sp³-hybridized carbons (Fsp3) is 0.667. The Kier molecular flexibility index (Phi) is 3.67. The molecule has 0 saturated carbocycles. The molecule has 0 amide bonds. The molecule has 2 aliphatic rings. The number of hydrogen-bond acceptors (Lipinski definition) is 7. The largest absolute Gasteiger partial charge is 0.383 e. The van der Waals surface area contributed by atoms with Gasteiger partial charge in [0.15, 0.2) is 17.7 Å². The monoisotopic (exact) mass is 355 g/mol. The first kappa shape index (κ1) is 16.6. The van der Waals surface area contributed by atoms with Crippen molar-refractivity contribution >= 4 is 16.9 Å². The van der Waals surface area contributed by atoms with Gasteiger partial charge in [-0.15, -0.1) is 0 Å². The molecule has 2 N–H and O–H groups in total. The third kappa shape index (κ3) is 2.47. The fourth-order valence-electron chi connectivity index (χ4n) is 3.54. The SMILES string of the molecule is CC[C@H]1O[C@@H](n2nc(C(F)F)c3c(N)ncnc32)[C@@H]2OC(C)(C)O[C@@H]21. The van der Waals surface area contributed by atoms with E-state index in [4.69, 9.17) is 19.9 Å². The van der Waals surface area contributed by atoms with Crippen molar-refractivity contribution in [3.63, 3.8) is 0 Å². The van der Waals surface area contributed by atoms with E-state index < -0.39 is 30.2 Å². The first-order valence-corrected chi connectivity index (χ1v) is 8.10. The lowest BCUT2D eigenvalue weighted by Crippen LogP contribution is -2.28. The second-order valence-corrected chi connectivity index (χ2v) is 6.63. The predicted octanol–water partition coefficient (Wildman–Crippen LogP) is 2.17. The highest BCUT2D eigenvalue weighted by Crippen LogP contribution is 2.45. The minimum absolute atomic E-state index is 0.0378. The molecule has 10 heteroatoms. The third-order valence-corrected chi connectivity index (χ3v) is 4.52. The lowest BCUT2D eigenvalue weighted by molar-refractivity contribution is -0.197. The first-order chi connectivity index (χ1) is 11.8. The maximum absolute atomic E-state index is 13.4. The maximum atomic E-state index is 13.4. The zero-order valence-corrected chi connectivity index (χ0v) is 14.0. The Morgan fingerprint density at radius 1 is 1.28 bits per heavy atom. The van der Waals surface area contributed by atoms with Crippen LogP contribution in [0.2, 0.25) is 0 Å². The van der Waals surface area contributed by atoms with Crippen LogP contribution in [-0.2, 0) is 14.2 Å². The Labute approximate surface area is 142 Å². The van der Waals surface area contributed by atoms with Gasteiger partial charge in [0.05, 0.1) is 11.5 Å². The lowest BCUT2D eigenvalue weighted by atomic mass is 10.1. The van der Waals surface area contributed by atoms with Crippen LogP contribution < -0.4 is 5.73 Å². The second kappa shape index (κ2) is 5.55. The third-order valence-electron chi connectivity index (χ3n) is 4.52. The topological polar surface area (TPSA) is 97.3 Å². The minimum Gasteiger partial charge on any atom is -0.383 e. The van der Waals surface area contributed by atoms with E-state index in [1.807, 2.05) is 6.92 Å². The quantitative estimate of drug-likeness (QED) is 0.901. The van der Waals surface area contributed by atoms with Crippen molar-refractivity contribution < 1.29 is 23.0 Å². The molecule has 4 atom stereocenters. The van der Waals surface area contributed by atoms with Crippen molar-refractivity contribution in [3.05, 3.63) is 12.0 Å². The molecule has 0 spiro atoms. The van der Waals surface area contributed by atoms with E-state index in [2.05, 4.69) is 15.1 Å². The van der Waals surface area contributed by atoms with Crippen LogP contribution in [0.5, 0.6) is 0 Å². The summed E-state index contributed by atoms with van der Waals surface area (Å²) in [7, 11) is 0. The van der Waals surface area contributed by atoms with Gasteiger partial charge in [0.2, 0.25) is 0 Å². The van der Waals surface area contributed by atoms with Gasteiger partial charge in [-0.25, -0.2) is 23.4 Å². The van der Waals surface area contributed by atoms with Crippen LogP contribution in [0, 0.1) is 0 Å². The molecule has 2 aromatic heterocycles. The van der Waals surface area contributed by atoms with Gasteiger partial charge in [-0.3, -0.25) is 0 Å². The number of alkyl halides is 2. The number of nitrogens with zero attached hydrogens (tertiary/aromatic N) is 4. The smallest absolute Gasteiger partial charge is 0.282 e. The molecule has 0 aromatic carbocycles. The van der Waals surface area contributed by atoms with Crippen LogP contribution in [0.4, 0.5) is 14.6 Å². The molecule has 4 heterocycles. The molecule has 25 heavy (non-hydrogen) atoms. The van der Waals surface area contributed by atoms with E-state index in [0.717, 1.165) is 0 Å². The van der Waals surface area contributed by atoms with Gasteiger partial charge in [-0.05, 0) is 20.3 Å². The van der Waals surface area contributed by atoms with E-state index in [9.17, 15) is 8.78 Å². The van der Waals surface area contributed by atoms with Crippen LogP contribution in [0.15, 0.2) is 6.33 Å². The zero-order chi connectivity index (χ0) is 17.9. The number of rotatable bonds is 3. The molecule has 136 valence electrons. The molecule has 2 aliphatic heterocycles. The Morgan fingerprint density at radius 2 is 2.00 bits per heavy atom. The van der Waals surface area contributed by atoms with Crippen LogP contribution in [-0.4, -0.2) is 43.8 Å². The predicted molar refractivity (Wildman–Crippen MR) is 82.7 cm³/mol. The highest BCUT2D eigenvalue weighted by Gasteiger charge is 2.56. The molecule has 4 rings (SSSR count). The van der Waals surface area contributed by atoms with Gasteiger partial charge in [0, 0.05) is 0 Å². The van der Waals surface area contributed by atoms with Crippen LogP contribution in [0.1, 0.15) is 45.5 Å². The Bertz CT molecular complexity index is 812. The molecule has 0 aliphatic carbocycles. The summed E-state index contributed by atoms with van der Waals surface area (Å²) < 4.78 is 46.0. The van der Waals surface area contributed by atoms with Gasteiger partial charge >= 0.3 is 0 Å². The maximum Gasteiger partial charge on any atom is 0.282 e. The van der Waals surface area contributed by atoms with Crippen molar-refractivity contribution in [1.82, 2.24) is 19.7 Å². The van der Waals surface area contributed by atoms with Gasteiger partial charge < -0.3 is 19.9 Å². The summed E-state index contributed by atoms with van der Waals surface area (Å²) in [4.78, 5) is 7.88. The molecular weight excluding hydrogens is 336 g/mol. The van der Waals surface area contributed by atoms with E-state index in [0.29, 0.717) is 6.42 Å². The number of anilines is 1. The van der Waals surface area contributed by atoms with Crippen molar-refractivity contribution in [2.45, 2.75) is 63.9 Å². The molecule has 2 saturated heterocycles. The van der Waals surface area contributed by atoms with Gasteiger partial charge in [-0.1, -0.05) is 6.92 Å². The summed E-state index contributed by atoms with van der Waals surface area (Å²) in [5.74, 6) is -0.829. The zero-order valence-electron chi connectivity index (χ0n) is 14.0. The summed E-state index contributed by atoms with van der Waals surface area (Å²) in [5, 5.41) is 4.07. The van der Waals surface area contributed by atoms with E-state index >= 15 is 0 Å². The fourth-order valence-corrected chi connectivity index (χ4v) is 3.54. The first-order valence-electron chi connectivity index (χ1n) is 8.10. The van der Waals surface area contributed by atoms with Crippen molar-refractivity contribution in [1.29, 1.82) is 0 Å².